The molecule has 1 aromatic heterocycles. The van der Waals surface area contributed by atoms with Crippen LogP contribution in [0, 0.1) is 0 Å². The molecule has 0 aliphatic carbocycles. The van der Waals surface area contributed by atoms with Crippen molar-refractivity contribution in [3.05, 3.63) is 64.1 Å². The fourth-order valence-electron chi connectivity index (χ4n) is 3.31. The Labute approximate surface area is 183 Å². The van der Waals surface area contributed by atoms with Gasteiger partial charge >= 0.3 is 0 Å². The summed E-state index contributed by atoms with van der Waals surface area (Å²) >= 11 is 14.0. The molecule has 1 N–H and O–H groups in total. The maximum Gasteiger partial charge on any atom is 0.233 e. The molecule has 2 aromatic carbocycles. The van der Waals surface area contributed by atoms with E-state index < -0.39 is 0 Å². The average molecular weight is 447 g/mol. The summed E-state index contributed by atoms with van der Waals surface area (Å²) in [5, 5.41) is 13.4. The van der Waals surface area contributed by atoms with Crippen LogP contribution in [0.25, 0.3) is 11.4 Å². The van der Waals surface area contributed by atoms with Crippen molar-refractivity contribution in [3.63, 3.8) is 0 Å². The summed E-state index contributed by atoms with van der Waals surface area (Å²) in [6.07, 6.45) is 2.84. The van der Waals surface area contributed by atoms with Crippen LogP contribution in [0.15, 0.2) is 53.7 Å². The molecular formula is C21H20Cl2N4OS. The SMILES string of the molecule is O=C1NCCCC[C@H]1Sc1nnc(-c2ccc(Cl)cc2Cl)n1Cc1ccccc1. The lowest BCUT2D eigenvalue weighted by molar-refractivity contribution is -0.120. The molecule has 4 rings (SSSR count). The highest BCUT2D eigenvalue weighted by Gasteiger charge is 2.26. The summed E-state index contributed by atoms with van der Waals surface area (Å²) < 4.78 is 2.02. The maximum atomic E-state index is 12.4. The molecule has 1 aliphatic heterocycles. The molecule has 0 bridgehead atoms. The van der Waals surface area contributed by atoms with Crippen molar-refractivity contribution < 1.29 is 4.79 Å². The van der Waals surface area contributed by atoms with E-state index in [4.69, 9.17) is 23.2 Å². The van der Waals surface area contributed by atoms with Crippen LogP contribution in [0.1, 0.15) is 24.8 Å². The molecule has 2 heterocycles. The van der Waals surface area contributed by atoms with Crippen LogP contribution >= 0.6 is 35.0 Å². The van der Waals surface area contributed by atoms with Crippen LogP contribution in [0.2, 0.25) is 10.0 Å². The van der Waals surface area contributed by atoms with E-state index in [0.717, 1.165) is 36.9 Å². The molecule has 1 fully saturated rings. The lowest BCUT2D eigenvalue weighted by atomic mass is 10.2. The number of amides is 1. The first-order valence-electron chi connectivity index (χ1n) is 9.49. The van der Waals surface area contributed by atoms with Crippen molar-refractivity contribution in [1.29, 1.82) is 0 Å². The standard InChI is InChI=1S/C21H20Cl2N4OS/c22-15-9-10-16(17(23)12-15)19-25-26-21(27(19)13-14-6-2-1-3-7-14)29-18-8-4-5-11-24-20(18)28/h1-3,6-7,9-10,12,18H,4-5,8,11,13H2,(H,24,28)/t18-/m1/s1. The van der Waals surface area contributed by atoms with Crippen molar-refractivity contribution in [1.82, 2.24) is 20.1 Å². The van der Waals surface area contributed by atoms with Crippen molar-refractivity contribution in [3.8, 4) is 11.4 Å². The third-order valence-electron chi connectivity index (χ3n) is 4.80. The lowest BCUT2D eigenvalue weighted by Gasteiger charge is -2.15. The second-order valence-corrected chi connectivity index (χ2v) is 8.91. The zero-order valence-corrected chi connectivity index (χ0v) is 18.0. The number of halogens is 2. The molecule has 0 radical (unpaired) electrons. The fourth-order valence-corrected chi connectivity index (χ4v) is 4.89. The molecule has 0 unspecified atom stereocenters. The number of benzene rings is 2. The Kier molecular flexibility index (Phi) is 6.43. The molecule has 1 aliphatic rings. The molecule has 29 heavy (non-hydrogen) atoms. The van der Waals surface area contributed by atoms with Gasteiger partial charge in [-0.05, 0) is 36.6 Å². The summed E-state index contributed by atoms with van der Waals surface area (Å²) in [6, 6.07) is 15.4. The second-order valence-electron chi connectivity index (χ2n) is 6.90. The van der Waals surface area contributed by atoms with Gasteiger partial charge < -0.3 is 5.32 Å². The van der Waals surface area contributed by atoms with Crippen molar-refractivity contribution in [2.24, 2.45) is 0 Å². The Morgan fingerprint density at radius 2 is 1.93 bits per heavy atom. The van der Waals surface area contributed by atoms with Crippen molar-refractivity contribution >= 4 is 40.9 Å². The third-order valence-corrected chi connectivity index (χ3v) is 6.60. The summed E-state index contributed by atoms with van der Waals surface area (Å²) in [7, 11) is 0. The Balaban J connectivity index is 1.72. The van der Waals surface area contributed by atoms with Crippen LogP contribution in [-0.4, -0.2) is 32.5 Å². The van der Waals surface area contributed by atoms with Crippen LogP contribution in [0.5, 0.6) is 0 Å². The van der Waals surface area contributed by atoms with E-state index in [1.165, 1.54) is 11.8 Å². The summed E-state index contributed by atoms with van der Waals surface area (Å²) in [6.45, 7) is 1.32. The first-order chi connectivity index (χ1) is 14.1. The second kappa shape index (κ2) is 9.20. The normalized spacial score (nSPS) is 17.0. The Morgan fingerprint density at radius 3 is 2.72 bits per heavy atom. The number of carbonyl (C=O) groups is 1. The Morgan fingerprint density at radius 1 is 1.10 bits per heavy atom. The van der Waals surface area contributed by atoms with Crippen LogP contribution in [0.3, 0.4) is 0 Å². The van der Waals surface area contributed by atoms with Crippen molar-refractivity contribution in [2.45, 2.75) is 36.2 Å². The highest BCUT2D eigenvalue weighted by Crippen LogP contribution is 2.34. The minimum Gasteiger partial charge on any atom is -0.355 e. The molecule has 150 valence electrons. The van der Waals surface area contributed by atoms with E-state index in [0.29, 0.717) is 27.6 Å². The van der Waals surface area contributed by atoms with E-state index in [1.807, 2.05) is 28.8 Å². The van der Waals surface area contributed by atoms with Gasteiger partial charge in [0.05, 0.1) is 16.8 Å². The Hall–Kier alpha value is -2.02. The predicted molar refractivity (Wildman–Crippen MR) is 118 cm³/mol. The van der Waals surface area contributed by atoms with Gasteiger partial charge in [-0.3, -0.25) is 9.36 Å². The maximum absolute atomic E-state index is 12.4. The quantitative estimate of drug-likeness (QED) is 0.594. The molecular weight excluding hydrogens is 427 g/mol. The zero-order valence-electron chi connectivity index (χ0n) is 15.6. The van der Waals surface area contributed by atoms with Gasteiger partial charge in [-0.15, -0.1) is 10.2 Å². The molecule has 0 saturated carbocycles. The molecule has 8 heteroatoms. The molecule has 5 nitrogen and oxygen atoms in total. The number of hydrogen-bond acceptors (Lipinski definition) is 4. The largest absolute Gasteiger partial charge is 0.355 e. The van der Waals surface area contributed by atoms with E-state index in [1.54, 1.807) is 12.1 Å². The number of carbonyl (C=O) groups excluding carboxylic acids is 1. The third kappa shape index (κ3) is 4.77. The molecule has 1 saturated heterocycles. The molecule has 0 spiro atoms. The molecule has 1 atom stereocenters. The minimum absolute atomic E-state index is 0.0628. The first kappa shape index (κ1) is 20.3. The van der Waals surface area contributed by atoms with Gasteiger partial charge in [0.15, 0.2) is 11.0 Å². The average Bonchev–Trinajstić information content (AvgIpc) is 2.97. The fraction of sp³-hybridized carbons (Fsp3) is 0.286. The topological polar surface area (TPSA) is 59.8 Å². The monoisotopic (exact) mass is 446 g/mol. The zero-order chi connectivity index (χ0) is 20.2. The van der Waals surface area contributed by atoms with Crippen LogP contribution in [-0.2, 0) is 11.3 Å². The van der Waals surface area contributed by atoms with E-state index in [-0.39, 0.29) is 11.2 Å². The van der Waals surface area contributed by atoms with Crippen molar-refractivity contribution in [2.75, 3.05) is 6.54 Å². The van der Waals surface area contributed by atoms with E-state index >= 15 is 0 Å². The molecule has 1 amide bonds. The summed E-state index contributed by atoms with van der Waals surface area (Å²) in [4.78, 5) is 12.4. The van der Waals surface area contributed by atoms with E-state index in [2.05, 4.69) is 27.6 Å². The lowest BCUT2D eigenvalue weighted by Crippen LogP contribution is -2.30. The van der Waals surface area contributed by atoms with Gasteiger partial charge in [-0.2, -0.15) is 0 Å². The predicted octanol–water partition coefficient (Wildman–Crippen LogP) is 5.06. The summed E-state index contributed by atoms with van der Waals surface area (Å²) in [5.74, 6) is 0.722. The van der Waals surface area contributed by atoms with Gasteiger partial charge in [-0.1, -0.05) is 71.7 Å². The molecule has 3 aromatic rings. The number of hydrogen-bond donors (Lipinski definition) is 1. The van der Waals surface area contributed by atoms with E-state index in [9.17, 15) is 4.79 Å². The number of nitrogens with zero attached hydrogens (tertiary/aromatic N) is 3. The van der Waals surface area contributed by atoms with Crippen LogP contribution in [0.4, 0.5) is 0 Å². The van der Waals surface area contributed by atoms with Gasteiger partial charge in [0.25, 0.3) is 0 Å². The smallest absolute Gasteiger partial charge is 0.233 e. The van der Waals surface area contributed by atoms with Gasteiger partial charge in [-0.25, -0.2) is 0 Å². The number of nitrogens with one attached hydrogen (secondary N) is 1. The first-order valence-corrected chi connectivity index (χ1v) is 11.1. The van der Waals surface area contributed by atoms with Gasteiger partial charge in [0, 0.05) is 17.1 Å². The minimum atomic E-state index is -0.176. The van der Waals surface area contributed by atoms with Gasteiger partial charge in [0.1, 0.15) is 0 Å². The summed E-state index contributed by atoms with van der Waals surface area (Å²) in [5.41, 5.74) is 1.88. The highest BCUT2D eigenvalue weighted by atomic mass is 35.5. The number of thioether (sulfide) groups is 1. The van der Waals surface area contributed by atoms with Gasteiger partial charge in [0.2, 0.25) is 5.91 Å². The Bertz CT molecular complexity index is 1010. The number of aromatic nitrogens is 3. The highest BCUT2D eigenvalue weighted by molar-refractivity contribution is 8.00. The number of rotatable bonds is 5. The van der Waals surface area contributed by atoms with Crippen LogP contribution < -0.4 is 5.32 Å².